The number of hydrogen-bond acceptors (Lipinski definition) is 5. The van der Waals surface area contributed by atoms with Crippen molar-refractivity contribution < 1.29 is 33.0 Å². The average Bonchev–Trinajstić information content (AvgIpc) is 2.61. The SMILES string of the molecule is O=C1N[C@@H](c2ccc(O)cc2)[C@@H](C(=O)c2cccnc2)[C@@](O)(C(F)(F)F)N1. The number of Topliss-reactive ketones (excluding diaryl/α,β-unsaturated/α-hetero) is 1. The number of urea groups is 1. The Hall–Kier alpha value is -3.14. The number of ketones is 1. The van der Waals surface area contributed by atoms with Gasteiger partial charge in [0.15, 0.2) is 5.78 Å². The number of benzene rings is 1. The molecule has 1 saturated heterocycles. The van der Waals surface area contributed by atoms with Crippen molar-refractivity contribution in [2.75, 3.05) is 0 Å². The van der Waals surface area contributed by atoms with Crippen LogP contribution in [0.3, 0.4) is 0 Å². The van der Waals surface area contributed by atoms with E-state index in [2.05, 4.69) is 10.3 Å². The monoisotopic (exact) mass is 381 g/mol. The van der Waals surface area contributed by atoms with Crippen molar-refractivity contribution in [3.63, 3.8) is 0 Å². The summed E-state index contributed by atoms with van der Waals surface area (Å²) in [5.74, 6) is -3.35. The molecule has 0 unspecified atom stereocenters. The third kappa shape index (κ3) is 3.31. The molecule has 1 fully saturated rings. The van der Waals surface area contributed by atoms with Gasteiger partial charge in [-0.1, -0.05) is 12.1 Å². The number of alkyl halides is 3. The second-order valence-corrected chi connectivity index (χ2v) is 6.02. The van der Waals surface area contributed by atoms with Crippen molar-refractivity contribution in [1.29, 1.82) is 0 Å². The Bertz CT molecular complexity index is 858. The lowest BCUT2D eigenvalue weighted by Crippen LogP contribution is -2.72. The van der Waals surface area contributed by atoms with Crippen LogP contribution in [0.4, 0.5) is 18.0 Å². The number of aliphatic hydroxyl groups is 1. The van der Waals surface area contributed by atoms with Gasteiger partial charge in [-0.15, -0.1) is 0 Å². The molecular formula is C17H14F3N3O4. The molecule has 27 heavy (non-hydrogen) atoms. The van der Waals surface area contributed by atoms with Gasteiger partial charge in [0.1, 0.15) is 11.7 Å². The Morgan fingerprint density at radius 2 is 1.85 bits per heavy atom. The van der Waals surface area contributed by atoms with E-state index in [1.807, 2.05) is 0 Å². The highest BCUT2D eigenvalue weighted by Crippen LogP contribution is 2.44. The number of aromatic nitrogens is 1. The molecule has 1 aromatic heterocycles. The summed E-state index contributed by atoms with van der Waals surface area (Å²) in [6.45, 7) is 0. The lowest BCUT2D eigenvalue weighted by atomic mass is 9.77. The number of phenols is 1. The van der Waals surface area contributed by atoms with E-state index in [1.54, 1.807) is 0 Å². The summed E-state index contributed by atoms with van der Waals surface area (Å²) in [5, 5.41) is 23.4. The van der Waals surface area contributed by atoms with E-state index in [0.29, 0.717) is 0 Å². The first kappa shape index (κ1) is 18.6. The van der Waals surface area contributed by atoms with Gasteiger partial charge < -0.3 is 20.8 Å². The molecule has 10 heteroatoms. The van der Waals surface area contributed by atoms with Crippen molar-refractivity contribution >= 4 is 11.8 Å². The van der Waals surface area contributed by atoms with E-state index in [9.17, 15) is 33.0 Å². The minimum absolute atomic E-state index is 0.104. The fraction of sp³-hybridized carbons (Fsp3) is 0.235. The summed E-state index contributed by atoms with van der Waals surface area (Å²) in [5.41, 5.74) is -3.86. The Balaban J connectivity index is 2.15. The number of carbonyl (C=O) groups is 2. The molecule has 2 amide bonds. The third-order valence-corrected chi connectivity index (χ3v) is 4.29. The minimum atomic E-state index is -5.33. The molecule has 2 aromatic rings. The Morgan fingerprint density at radius 1 is 1.19 bits per heavy atom. The highest BCUT2D eigenvalue weighted by atomic mass is 19.4. The highest BCUT2D eigenvalue weighted by molar-refractivity contribution is 6.00. The van der Waals surface area contributed by atoms with Gasteiger partial charge in [-0.3, -0.25) is 9.78 Å². The van der Waals surface area contributed by atoms with E-state index >= 15 is 0 Å². The van der Waals surface area contributed by atoms with Crippen molar-refractivity contribution in [3.05, 3.63) is 59.9 Å². The van der Waals surface area contributed by atoms with Crippen LogP contribution in [0.1, 0.15) is 22.0 Å². The molecular weight excluding hydrogens is 367 g/mol. The number of nitrogens with zero attached hydrogens (tertiary/aromatic N) is 1. The zero-order valence-electron chi connectivity index (χ0n) is 13.6. The van der Waals surface area contributed by atoms with Gasteiger partial charge in [0, 0.05) is 18.0 Å². The van der Waals surface area contributed by atoms with Crippen LogP contribution in [0.15, 0.2) is 48.8 Å². The smallest absolute Gasteiger partial charge is 0.437 e. The molecule has 4 N–H and O–H groups in total. The zero-order chi connectivity index (χ0) is 19.8. The molecule has 1 aliphatic rings. The summed E-state index contributed by atoms with van der Waals surface area (Å²) in [6.07, 6.45) is -2.92. The average molecular weight is 381 g/mol. The molecule has 0 saturated carbocycles. The maximum atomic E-state index is 13.7. The fourth-order valence-electron chi connectivity index (χ4n) is 2.99. The van der Waals surface area contributed by atoms with E-state index in [-0.39, 0.29) is 16.9 Å². The topological polar surface area (TPSA) is 112 Å². The number of hydrogen-bond donors (Lipinski definition) is 4. The number of pyridine rings is 1. The first-order valence-corrected chi connectivity index (χ1v) is 7.74. The van der Waals surface area contributed by atoms with Gasteiger partial charge in [-0.25, -0.2) is 4.79 Å². The summed E-state index contributed by atoms with van der Waals surface area (Å²) in [6, 6.07) is 4.74. The van der Waals surface area contributed by atoms with Gasteiger partial charge >= 0.3 is 12.2 Å². The first-order chi connectivity index (χ1) is 12.6. The van der Waals surface area contributed by atoms with E-state index in [4.69, 9.17) is 0 Å². The summed E-state index contributed by atoms with van der Waals surface area (Å²) in [7, 11) is 0. The lowest BCUT2D eigenvalue weighted by Gasteiger charge is -2.45. The van der Waals surface area contributed by atoms with Crippen LogP contribution in [0.2, 0.25) is 0 Å². The maximum Gasteiger partial charge on any atom is 0.437 e. The highest BCUT2D eigenvalue weighted by Gasteiger charge is 2.66. The van der Waals surface area contributed by atoms with Crippen molar-refractivity contribution in [2.24, 2.45) is 5.92 Å². The van der Waals surface area contributed by atoms with Crippen molar-refractivity contribution in [1.82, 2.24) is 15.6 Å². The lowest BCUT2D eigenvalue weighted by molar-refractivity contribution is -0.287. The summed E-state index contributed by atoms with van der Waals surface area (Å²) in [4.78, 5) is 28.4. The molecule has 0 radical (unpaired) electrons. The van der Waals surface area contributed by atoms with Gasteiger partial charge in [-0.05, 0) is 29.8 Å². The van der Waals surface area contributed by atoms with Crippen LogP contribution in [-0.2, 0) is 0 Å². The maximum absolute atomic E-state index is 13.7. The predicted octanol–water partition coefficient (Wildman–Crippen LogP) is 1.89. The molecule has 142 valence electrons. The van der Waals surface area contributed by atoms with Crippen LogP contribution in [0.25, 0.3) is 0 Å². The standard InChI is InChI=1S/C17H14F3N3O4/c18-17(19,20)16(27)12(14(25)10-2-1-7-21-8-10)13(22-15(26)23-16)9-3-5-11(24)6-4-9/h1-8,12-13,24,27H,(H2,22,23,26)/t12-,13-,16+/m0/s1. The van der Waals surface area contributed by atoms with Gasteiger partial charge in [0.25, 0.3) is 0 Å². The number of rotatable bonds is 3. The zero-order valence-corrected chi connectivity index (χ0v) is 13.6. The number of phenolic OH excluding ortho intramolecular Hbond substituents is 1. The van der Waals surface area contributed by atoms with Crippen LogP contribution in [-0.4, -0.2) is 38.9 Å². The number of amides is 2. The van der Waals surface area contributed by atoms with Crippen molar-refractivity contribution in [3.8, 4) is 5.75 Å². The van der Waals surface area contributed by atoms with E-state index in [1.165, 1.54) is 47.9 Å². The summed E-state index contributed by atoms with van der Waals surface area (Å²) < 4.78 is 41.0. The Morgan fingerprint density at radius 3 is 2.41 bits per heavy atom. The van der Waals surface area contributed by atoms with E-state index in [0.717, 1.165) is 6.20 Å². The molecule has 3 atom stereocenters. The largest absolute Gasteiger partial charge is 0.508 e. The normalized spacial score (nSPS) is 25.4. The van der Waals surface area contributed by atoms with Crippen LogP contribution >= 0.6 is 0 Å². The molecule has 1 aliphatic heterocycles. The number of nitrogens with one attached hydrogen (secondary N) is 2. The number of aromatic hydroxyl groups is 1. The first-order valence-electron chi connectivity index (χ1n) is 7.74. The van der Waals surface area contributed by atoms with Crippen LogP contribution in [0.5, 0.6) is 5.75 Å². The Kier molecular flexibility index (Phi) is 4.52. The van der Waals surface area contributed by atoms with Crippen molar-refractivity contribution in [2.45, 2.75) is 17.9 Å². The molecule has 2 heterocycles. The second kappa shape index (κ2) is 6.54. The predicted molar refractivity (Wildman–Crippen MR) is 85.6 cm³/mol. The van der Waals surface area contributed by atoms with Crippen LogP contribution < -0.4 is 10.6 Å². The summed E-state index contributed by atoms with van der Waals surface area (Å²) >= 11 is 0. The quantitative estimate of drug-likeness (QED) is 0.607. The second-order valence-electron chi connectivity index (χ2n) is 6.02. The Labute approximate surface area is 150 Å². The fourth-order valence-corrected chi connectivity index (χ4v) is 2.99. The third-order valence-electron chi connectivity index (χ3n) is 4.29. The van der Waals surface area contributed by atoms with Gasteiger partial charge in [0.2, 0.25) is 5.72 Å². The molecule has 1 aromatic carbocycles. The van der Waals surface area contributed by atoms with E-state index < -0.39 is 35.7 Å². The molecule has 0 bridgehead atoms. The molecule has 7 nitrogen and oxygen atoms in total. The van der Waals surface area contributed by atoms with Crippen LogP contribution in [0, 0.1) is 5.92 Å². The molecule has 0 spiro atoms. The number of carbonyl (C=O) groups excluding carboxylic acids is 2. The molecule has 3 rings (SSSR count). The molecule has 0 aliphatic carbocycles. The van der Waals surface area contributed by atoms with Gasteiger partial charge in [-0.2, -0.15) is 13.2 Å². The number of halogens is 3. The minimum Gasteiger partial charge on any atom is -0.508 e. The van der Waals surface area contributed by atoms with Gasteiger partial charge in [0.05, 0.1) is 6.04 Å².